The highest BCUT2D eigenvalue weighted by Crippen LogP contribution is 2.27. The molecule has 140 valence electrons. The second-order valence-corrected chi connectivity index (χ2v) is 6.18. The van der Waals surface area contributed by atoms with Crippen LogP contribution in [0.4, 0.5) is 0 Å². The topological polar surface area (TPSA) is 109 Å². The molecule has 0 aromatic carbocycles. The van der Waals surface area contributed by atoms with Gasteiger partial charge < -0.3 is 19.3 Å². The van der Waals surface area contributed by atoms with Crippen molar-refractivity contribution in [2.24, 2.45) is 13.0 Å². The molecule has 3 rings (SSSR count). The van der Waals surface area contributed by atoms with Crippen molar-refractivity contribution in [2.45, 2.75) is 26.1 Å². The molecule has 0 amide bonds. The van der Waals surface area contributed by atoms with Gasteiger partial charge in [-0.05, 0) is 19.1 Å². The largest absolute Gasteiger partial charge is 0.486 e. The zero-order valence-electron chi connectivity index (χ0n) is 15.0. The predicted molar refractivity (Wildman–Crippen MR) is 90.3 cm³/mol. The van der Waals surface area contributed by atoms with Gasteiger partial charge in [-0.25, -0.2) is 9.67 Å². The van der Waals surface area contributed by atoms with Crippen molar-refractivity contribution in [2.75, 3.05) is 20.3 Å². The monoisotopic (exact) mass is 362 g/mol. The van der Waals surface area contributed by atoms with Crippen molar-refractivity contribution < 1.29 is 24.1 Å². The van der Waals surface area contributed by atoms with Crippen LogP contribution in [-0.2, 0) is 27.9 Å². The van der Waals surface area contributed by atoms with Crippen molar-refractivity contribution >= 4 is 5.97 Å². The summed E-state index contributed by atoms with van der Waals surface area (Å²) in [5.41, 5.74) is 2.42. The van der Waals surface area contributed by atoms with Crippen LogP contribution in [0, 0.1) is 12.8 Å². The van der Waals surface area contributed by atoms with E-state index in [1.165, 1.54) is 11.8 Å². The molecule has 0 spiro atoms. The van der Waals surface area contributed by atoms with Crippen LogP contribution in [0.3, 0.4) is 0 Å². The number of methoxy groups -OCH3 is 1. The second kappa shape index (κ2) is 7.79. The van der Waals surface area contributed by atoms with Crippen LogP contribution in [0.5, 0.6) is 5.75 Å². The van der Waals surface area contributed by atoms with E-state index in [4.69, 9.17) is 14.2 Å². The van der Waals surface area contributed by atoms with E-state index < -0.39 is 0 Å². The number of esters is 1. The standard InChI is InChI=1S/C17H22N4O5/c1-10-15(26-12-6-11(8-25-9-12)17(23)24-3)5-4-13(18-10)16-14(7-22)21(2)20-19-16/h4-5,11-12,22H,6-9H2,1-3H3/t11-,12-/m1/s1. The number of rotatable bonds is 5. The number of pyridine rings is 1. The fraction of sp³-hybridized carbons (Fsp3) is 0.529. The minimum atomic E-state index is -0.321. The van der Waals surface area contributed by atoms with Crippen LogP contribution >= 0.6 is 0 Å². The van der Waals surface area contributed by atoms with E-state index in [0.717, 1.165) is 0 Å². The van der Waals surface area contributed by atoms with Crippen LogP contribution < -0.4 is 4.74 Å². The van der Waals surface area contributed by atoms with Gasteiger partial charge in [0.2, 0.25) is 0 Å². The average molecular weight is 362 g/mol. The van der Waals surface area contributed by atoms with Crippen molar-refractivity contribution in [3.05, 3.63) is 23.5 Å². The lowest BCUT2D eigenvalue weighted by Crippen LogP contribution is -2.37. The predicted octanol–water partition coefficient (Wildman–Crippen LogP) is 0.635. The summed E-state index contributed by atoms with van der Waals surface area (Å²) in [4.78, 5) is 16.2. The highest BCUT2D eigenvalue weighted by molar-refractivity contribution is 5.72. The Labute approximate surface area is 150 Å². The number of hydrogen-bond acceptors (Lipinski definition) is 8. The Morgan fingerprint density at radius 1 is 1.42 bits per heavy atom. The molecule has 0 radical (unpaired) electrons. The number of aryl methyl sites for hydroxylation is 2. The van der Waals surface area contributed by atoms with E-state index in [-0.39, 0.29) is 24.6 Å². The molecule has 2 aromatic rings. The number of aromatic nitrogens is 4. The molecule has 0 saturated carbocycles. The number of aliphatic hydroxyl groups excluding tert-OH is 1. The number of aliphatic hydroxyl groups is 1. The van der Waals surface area contributed by atoms with Crippen LogP contribution in [0.2, 0.25) is 0 Å². The first-order chi connectivity index (χ1) is 12.5. The van der Waals surface area contributed by atoms with E-state index in [0.29, 0.717) is 48.2 Å². The molecule has 1 aliphatic heterocycles. The number of carbonyl (C=O) groups is 1. The van der Waals surface area contributed by atoms with Crippen LogP contribution in [0.25, 0.3) is 11.4 Å². The Morgan fingerprint density at radius 3 is 2.92 bits per heavy atom. The molecular formula is C17H22N4O5. The van der Waals surface area contributed by atoms with Gasteiger partial charge in [0.1, 0.15) is 17.5 Å². The molecule has 26 heavy (non-hydrogen) atoms. The fourth-order valence-electron chi connectivity index (χ4n) is 2.95. The summed E-state index contributed by atoms with van der Waals surface area (Å²) in [5, 5.41) is 17.5. The van der Waals surface area contributed by atoms with Crippen molar-refractivity contribution in [1.29, 1.82) is 0 Å². The molecule has 1 aliphatic rings. The number of carbonyl (C=O) groups excluding carboxylic acids is 1. The third-order valence-corrected chi connectivity index (χ3v) is 4.37. The van der Waals surface area contributed by atoms with E-state index in [2.05, 4.69) is 15.3 Å². The Bertz CT molecular complexity index is 791. The van der Waals surface area contributed by atoms with Crippen LogP contribution in [0.1, 0.15) is 17.8 Å². The average Bonchev–Trinajstić information content (AvgIpc) is 3.03. The van der Waals surface area contributed by atoms with Gasteiger partial charge in [0.25, 0.3) is 0 Å². The summed E-state index contributed by atoms with van der Waals surface area (Å²) in [5.74, 6) is 0.00276. The maximum Gasteiger partial charge on any atom is 0.311 e. The minimum absolute atomic E-state index is 0.174. The van der Waals surface area contributed by atoms with Gasteiger partial charge in [-0.3, -0.25) is 4.79 Å². The molecule has 0 unspecified atom stereocenters. The third kappa shape index (κ3) is 3.68. The molecule has 3 heterocycles. The van der Waals surface area contributed by atoms with E-state index in [9.17, 15) is 9.90 Å². The van der Waals surface area contributed by atoms with Crippen LogP contribution in [-0.4, -0.2) is 57.5 Å². The third-order valence-electron chi connectivity index (χ3n) is 4.37. The van der Waals surface area contributed by atoms with Crippen molar-refractivity contribution in [1.82, 2.24) is 20.0 Å². The van der Waals surface area contributed by atoms with Gasteiger partial charge in [0.15, 0.2) is 0 Å². The summed E-state index contributed by atoms with van der Waals surface area (Å²) in [7, 11) is 3.08. The molecule has 9 nitrogen and oxygen atoms in total. The molecule has 2 atom stereocenters. The first kappa shape index (κ1) is 18.3. The summed E-state index contributed by atoms with van der Waals surface area (Å²) in [6.07, 6.45) is 0.288. The first-order valence-corrected chi connectivity index (χ1v) is 8.33. The normalized spacial score (nSPS) is 20.0. The molecule has 1 N–H and O–H groups in total. The molecular weight excluding hydrogens is 340 g/mol. The Balaban J connectivity index is 1.75. The SMILES string of the molecule is COC(=O)[C@H]1COC[C@H](Oc2ccc(-c3nnn(C)c3CO)nc2C)C1. The van der Waals surface area contributed by atoms with E-state index in [1.807, 2.05) is 6.92 Å². The quantitative estimate of drug-likeness (QED) is 0.772. The van der Waals surface area contributed by atoms with Crippen molar-refractivity contribution in [3.8, 4) is 17.1 Å². The maximum atomic E-state index is 11.7. The first-order valence-electron chi connectivity index (χ1n) is 8.33. The molecule has 1 fully saturated rings. The van der Waals surface area contributed by atoms with Gasteiger partial charge in [0.05, 0.1) is 49.9 Å². The molecule has 1 saturated heterocycles. The number of nitrogens with zero attached hydrogens (tertiary/aromatic N) is 4. The summed E-state index contributed by atoms with van der Waals surface area (Å²) >= 11 is 0. The molecule has 0 aliphatic carbocycles. The summed E-state index contributed by atoms with van der Waals surface area (Å²) in [6, 6.07) is 3.57. The zero-order valence-corrected chi connectivity index (χ0v) is 15.0. The summed E-state index contributed by atoms with van der Waals surface area (Å²) in [6.45, 7) is 2.41. The smallest absolute Gasteiger partial charge is 0.311 e. The van der Waals surface area contributed by atoms with Gasteiger partial charge in [-0.1, -0.05) is 5.21 Å². The molecule has 0 bridgehead atoms. The molecule has 2 aromatic heterocycles. The second-order valence-electron chi connectivity index (χ2n) is 6.18. The van der Waals surface area contributed by atoms with Crippen LogP contribution in [0.15, 0.2) is 12.1 Å². The highest BCUT2D eigenvalue weighted by Gasteiger charge is 2.30. The zero-order chi connectivity index (χ0) is 18.7. The Morgan fingerprint density at radius 2 is 2.23 bits per heavy atom. The van der Waals surface area contributed by atoms with Gasteiger partial charge in [-0.2, -0.15) is 0 Å². The molecule has 9 heteroatoms. The van der Waals surface area contributed by atoms with Crippen molar-refractivity contribution in [3.63, 3.8) is 0 Å². The lowest BCUT2D eigenvalue weighted by Gasteiger charge is -2.28. The van der Waals surface area contributed by atoms with E-state index in [1.54, 1.807) is 19.2 Å². The van der Waals surface area contributed by atoms with Gasteiger partial charge in [0, 0.05) is 13.5 Å². The summed E-state index contributed by atoms with van der Waals surface area (Å²) < 4.78 is 17.7. The lowest BCUT2D eigenvalue weighted by atomic mass is 10.0. The van der Waals surface area contributed by atoms with Gasteiger partial charge >= 0.3 is 5.97 Å². The Hall–Kier alpha value is -2.52. The van der Waals surface area contributed by atoms with E-state index >= 15 is 0 Å². The number of ether oxygens (including phenoxy) is 3. The highest BCUT2D eigenvalue weighted by atomic mass is 16.5. The Kier molecular flexibility index (Phi) is 5.48. The maximum absolute atomic E-state index is 11.7. The van der Waals surface area contributed by atoms with Gasteiger partial charge in [-0.15, -0.1) is 5.10 Å². The lowest BCUT2D eigenvalue weighted by molar-refractivity contribution is -0.152. The number of hydrogen-bond donors (Lipinski definition) is 1. The minimum Gasteiger partial charge on any atom is -0.486 e. The fourth-order valence-corrected chi connectivity index (χ4v) is 2.95.